The summed E-state index contributed by atoms with van der Waals surface area (Å²) in [7, 11) is 0. The van der Waals surface area contributed by atoms with E-state index in [9.17, 15) is 0 Å². The van der Waals surface area contributed by atoms with E-state index in [4.69, 9.17) is 0 Å². The van der Waals surface area contributed by atoms with Crippen LogP contribution < -0.4 is 24.8 Å². The molecule has 0 aliphatic heterocycles. The molecule has 0 amide bonds. The first kappa shape index (κ1) is 41.1. The van der Waals surface area contributed by atoms with Gasteiger partial charge in [-0.3, -0.25) is 6.08 Å². The molecule has 0 heterocycles. The van der Waals surface area contributed by atoms with E-state index in [-0.39, 0.29) is 35.6 Å². The van der Waals surface area contributed by atoms with Crippen molar-refractivity contribution >= 4 is 14.5 Å². The predicted octanol–water partition coefficient (Wildman–Crippen LogP) is 5.95. The van der Waals surface area contributed by atoms with Gasteiger partial charge in [-0.15, -0.1) is 5.56 Å². The summed E-state index contributed by atoms with van der Waals surface area (Å²) >= 11 is 1.46. The summed E-state index contributed by atoms with van der Waals surface area (Å²) in [4.78, 5) is 0. The van der Waals surface area contributed by atoms with Crippen LogP contribution in [-0.4, -0.2) is 3.71 Å². The second-order valence-corrected chi connectivity index (χ2v) is 16.3. The van der Waals surface area contributed by atoms with Crippen molar-refractivity contribution in [2.75, 3.05) is 0 Å². The van der Waals surface area contributed by atoms with Gasteiger partial charge in [0, 0.05) is 0 Å². The fourth-order valence-corrected chi connectivity index (χ4v) is 6.72. The number of allylic oxidation sites excluding steroid dienone is 4. The van der Waals surface area contributed by atoms with Gasteiger partial charge < -0.3 is 24.8 Å². The molecule has 0 N–H and O–H groups in total. The molecule has 2 aliphatic carbocycles. The van der Waals surface area contributed by atoms with E-state index < -0.39 is 0 Å². The quantitative estimate of drug-likeness (QED) is 0.197. The molecule has 0 saturated carbocycles. The van der Waals surface area contributed by atoms with Gasteiger partial charge in [-0.05, 0) is 17.4 Å². The maximum atomic E-state index is 3.53. The van der Waals surface area contributed by atoms with Crippen LogP contribution in [0.4, 0.5) is 0 Å². The third kappa shape index (κ3) is 10.2. The zero-order valence-electron chi connectivity index (χ0n) is 30.3. The molecule has 6 rings (SSSR count). The molecule has 0 fully saturated rings. The van der Waals surface area contributed by atoms with Crippen LogP contribution in [0.1, 0.15) is 110 Å². The van der Waals surface area contributed by atoms with Crippen molar-refractivity contribution in [2.24, 2.45) is 11.3 Å². The summed E-state index contributed by atoms with van der Waals surface area (Å²) in [5.74, 6) is 0.522. The molecule has 0 spiro atoms. The Bertz CT molecular complexity index is 1670. The molecule has 4 aromatic rings. The first-order valence-corrected chi connectivity index (χ1v) is 18.0. The minimum atomic E-state index is 0. The Hall–Kier alpha value is -2.05. The molecule has 2 aliphatic rings. The Morgan fingerprint density at radius 2 is 1.38 bits per heavy atom. The minimum absolute atomic E-state index is 0. The molecule has 1 atom stereocenters. The number of rotatable bonds is 2. The number of fused-ring (bicyclic) bond motifs is 4. The van der Waals surface area contributed by atoms with E-state index in [1.165, 1.54) is 85.1 Å². The summed E-state index contributed by atoms with van der Waals surface area (Å²) < 4.78 is 2.23. The van der Waals surface area contributed by atoms with Gasteiger partial charge in [0.25, 0.3) is 0 Å². The Kier molecular flexibility index (Phi) is 14.5. The monoisotopic (exact) mass is 740 g/mol. The molecule has 3 heteroatoms. The molecule has 0 nitrogen and oxygen atoms in total. The Morgan fingerprint density at radius 3 is 1.96 bits per heavy atom. The van der Waals surface area contributed by atoms with E-state index in [1.54, 1.807) is 0 Å². The molecule has 4 aromatic carbocycles. The molecule has 0 aromatic heterocycles. The van der Waals surface area contributed by atoms with Crippen molar-refractivity contribution in [3.63, 3.8) is 0 Å². The average molecular weight is 743 g/mol. The van der Waals surface area contributed by atoms with Gasteiger partial charge in [-0.25, -0.2) is 5.57 Å². The molecule has 47 heavy (non-hydrogen) atoms. The van der Waals surface area contributed by atoms with E-state index in [0.29, 0.717) is 11.3 Å². The van der Waals surface area contributed by atoms with Crippen LogP contribution in [-0.2, 0) is 41.5 Å². The second kappa shape index (κ2) is 16.6. The van der Waals surface area contributed by atoms with Gasteiger partial charge in [0.05, 0.1) is 0 Å². The summed E-state index contributed by atoms with van der Waals surface area (Å²) in [5, 5.41) is 2.69. The van der Waals surface area contributed by atoms with E-state index in [0.717, 1.165) is 12.8 Å². The third-order valence-corrected chi connectivity index (χ3v) is 9.57. The van der Waals surface area contributed by atoms with Crippen molar-refractivity contribution < 1.29 is 49.0 Å². The zero-order valence-corrected chi connectivity index (χ0v) is 34.3. The van der Waals surface area contributed by atoms with Crippen LogP contribution in [0.3, 0.4) is 0 Å². The summed E-state index contributed by atoms with van der Waals surface area (Å²) in [6.45, 7) is 24.9. The van der Waals surface area contributed by atoms with E-state index >= 15 is 0 Å². The predicted molar refractivity (Wildman–Crippen MR) is 194 cm³/mol. The van der Waals surface area contributed by atoms with Gasteiger partial charge >= 0.3 is 86.7 Å². The van der Waals surface area contributed by atoms with Gasteiger partial charge in [0.1, 0.15) is 0 Å². The number of hydrogen-bond donors (Lipinski definition) is 0. The molecular weight excluding hydrogens is 691 g/mol. The second-order valence-electron chi connectivity index (χ2n) is 15.6. The normalized spacial score (nSPS) is 15.0. The van der Waals surface area contributed by atoms with Crippen molar-refractivity contribution in [1.29, 1.82) is 0 Å². The van der Waals surface area contributed by atoms with Gasteiger partial charge in [0.15, 0.2) is 0 Å². The topological polar surface area (TPSA) is 0 Å². The van der Waals surface area contributed by atoms with Crippen LogP contribution in [0.15, 0.2) is 90.0 Å². The Balaban J connectivity index is 0.000000256. The van der Waals surface area contributed by atoms with Crippen LogP contribution in [0.25, 0.3) is 21.9 Å². The molecule has 0 bridgehead atoms. The van der Waals surface area contributed by atoms with Crippen LogP contribution in [0.2, 0.25) is 0 Å². The average Bonchev–Trinajstić information content (AvgIpc) is 3.56. The molecule has 0 saturated heterocycles. The number of hydrogen-bond acceptors (Lipinski definition) is 0. The van der Waals surface area contributed by atoms with Crippen LogP contribution in [0, 0.1) is 23.5 Å². The number of benzene rings is 4. The Labute approximate surface area is 313 Å². The fourth-order valence-electron chi connectivity index (χ4n) is 6.10. The van der Waals surface area contributed by atoms with Crippen molar-refractivity contribution in [2.45, 2.75) is 99.8 Å². The third-order valence-electron chi connectivity index (χ3n) is 8.81. The number of halogens is 2. The summed E-state index contributed by atoms with van der Waals surface area (Å²) in [6.07, 6.45) is 7.98. The summed E-state index contributed by atoms with van der Waals surface area (Å²) in [6, 6.07) is 30.0. The summed E-state index contributed by atoms with van der Waals surface area (Å²) in [5.41, 5.74) is 13.3. The van der Waals surface area contributed by atoms with Crippen molar-refractivity contribution in [3.8, 4) is 11.1 Å². The standard InChI is InChI=1S/C21H25.C12H19.C11H8.2ClH.Zr/c1-20(2,3)16-9-7-14-11-15-8-10-17(21(4,5)6)13-19(15)18(14)12-16;1-6-10-7-9(2)8-11(10)12(3,4)5;1-9-5-4-7-10-6-2-3-8-11(9)10;;;/h7,9-10,12-13H,11H2,1-6H3;8-9H,6H2,1-5H3;1-8H;2*1H;/q2*-1;;;;+2/p-2. The molecular formula is C44H52Cl2Zr-2. The van der Waals surface area contributed by atoms with E-state index in [1.807, 2.05) is 0 Å². The van der Waals surface area contributed by atoms with E-state index in [2.05, 4.69) is 171 Å². The first-order valence-electron chi connectivity index (χ1n) is 16.5. The molecule has 1 unspecified atom stereocenters. The SMILES string of the molecule is CC(C)(C)c1c[c-]c2c(c1)-c1cc(C(C)(C)C)ccc1C2.CCC1=[C-]C(C)C=C1C(C)(C)C.[Cl-].[Cl-].[Zr+2]=[CH]c1cccc2ccccc12. The van der Waals surface area contributed by atoms with Crippen LogP contribution in [0.5, 0.6) is 0 Å². The first-order chi connectivity index (χ1) is 21.0. The van der Waals surface area contributed by atoms with Crippen LogP contribution >= 0.6 is 0 Å². The molecule has 0 radical (unpaired) electrons. The van der Waals surface area contributed by atoms with Gasteiger partial charge in [-0.2, -0.15) is 41.0 Å². The zero-order chi connectivity index (χ0) is 33.2. The van der Waals surface area contributed by atoms with Crippen molar-refractivity contribution in [1.82, 2.24) is 0 Å². The fraction of sp³-hybridized carbons (Fsp3) is 0.386. The van der Waals surface area contributed by atoms with Crippen molar-refractivity contribution in [3.05, 3.63) is 130 Å². The van der Waals surface area contributed by atoms with Gasteiger partial charge in [-0.1, -0.05) is 129 Å². The Morgan fingerprint density at radius 1 is 0.766 bits per heavy atom. The van der Waals surface area contributed by atoms with Gasteiger partial charge in [0.2, 0.25) is 0 Å². The maximum absolute atomic E-state index is 3.53. The molecule has 248 valence electrons.